The third-order valence-corrected chi connectivity index (χ3v) is 5.12. The summed E-state index contributed by atoms with van der Waals surface area (Å²) < 4.78 is 7.61. The topological polar surface area (TPSA) is 51.5 Å². The number of carbonyl (C=O) groups is 2. The van der Waals surface area contributed by atoms with Crippen LogP contribution in [0.5, 0.6) is 5.75 Å². The lowest BCUT2D eigenvalue weighted by Gasteiger charge is -2.27. The van der Waals surface area contributed by atoms with Gasteiger partial charge < -0.3 is 14.2 Å². The van der Waals surface area contributed by atoms with E-state index in [0.29, 0.717) is 12.3 Å². The van der Waals surface area contributed by atoms with Gasteiger partial charge in [0, 0.05) is 62.1 Å². The van der Waals surface area contributed by atoms with Crippen LogP contribution in [0.4, 0.5) is 0 Å². The highest BCUT2D eigenvalue weighted by Crippen LogP contribution is 2.34. The van der Waals surface area contributed by atoms with E-state index in [1.807, 2.05) is 41.3 Å². The van der Waals surface area contributed by atoms with Gasteiger partial charge in [-0.1, -0.05) is 30.3 Å². The second kappa shape index (κ2) is 6.91. The molecule has 0 saturated carbocycles. The molecule has 5 heteroatoms. The summed E-state index contributed by atoms with van der Waals surface area (Å²) in [6.07, 6.45) is 0.819. The zero-order valence-corrected chi connectivity index (χ0v) is 15.6. The number of fused-ring (bicyclic) bond motifs is 3. The summed E-state index contributed by atoms with van der Waals surface area (Å²) in [6.45, 7) is 5.10. The van der Waals surface area contributed by atoms with Gasteiger partial charge in [0.25, 0.3) is 0 Å². The summed E-state index contributed by atoms with van der Waals surface area (Å²) in [5.41, 5.74) is 4.74. The molecule has 0 unspecified atom stereocenters. The van der Waals surface area contributed by atoms with E-state index in [9.17, 15) is 9.59 Å². The van der Waals surface area contributed by atoms with Gasteiger partial charge in [0.1, 0.15) is 5.75 Å². The minimum Gasteiger partial charge on any atom is -0.427 e. The van der Waals surface area contributed by atoms with E-state index in [-0.39, 0.29) is 11.9 Å². The highest BCUT2D eigenvalue weighted by atomic mass is 16.5. The molecular weight excluding hydrogens is 340 g/mol. The van der Waals surface area contributed by atoms with Crippen molar-refractivity contribution in [2.24, 2.45) is 0 Å². The summed E-state index contributed by atoms with van der Waals surface area (Å²) in [6, 6.07) is 16.1. The summed E-state index contributed by atoms with van der Waals surface area (Å²) in [4.78, 5) is 25.1. The van der Waals surface area contributed by atoms with Crippen LogP contribution in [0.15, 0.2) is 48.5 Å². The van der Waals surface area contributed by atoms with Crippen molar-refractivity contribution >= 4 is 22.8 Å². The van der Waals surface area contributed by atoms with Crippen LogP contribution >= 0.6 is 0 Å². The summed E-state index contributed by atoms with van der Waals surface area (Å²) in [5.74, 6) is 0.285. The van der Waals surface area contributed by atoms with Gasteiger partial charge in [-0.15, -0.1) is 0 Å². The third-order valence-electron chi connectivity index (χ3n) is 5.12. The number of nitrogens with zero attached hydrogens (tertiary/aromatic N) is 2. The van der Waals surface area contributed by atoms with Crippen LogP contribution in [0.2, 0.25) is 0 Å². The summed E-state index contributed by atoms with van der Waals surface area (Å²) >= 11 is 0. The minimum absolute atomic E-state index is 0.0840. The summed E-state index contributed by atoms with van der Waals surface area (Å²) in [7, 11) is 0. The largest absolute Gasteiger partial charge is 0.427 e. The molecule has 138 valence electrons. The van der Waals surface area contributed by atoms with Crippen molar-refractivity contribution in [1.29, 1.82) is 0 Å². The van der Waals surface area contributed by atoms with Crippen LogP contribution < -0.4 is 4.74 Å². The Morgan fingerprint density at radius 2 is 1.85 bits per heavy atom. The first-order valence-electron chi connectivity index (χ1n) is 9.15. The van der Waals surface area contributed by atoms with Gasteiger partial charge in [-0.3, -0.25) is 9.59 Å². The first-order valence-corrected chi connectivity index (χ1v) is 9.15. The van der Waals surface area contributed by atoms with Crippen LogP contribution in [0.1, 0.15) is 30.7 Å². The number of amides is 1. The first kappa shape index (κ1) is 17.3. The SMILES string of the molecule is CC(=O)Oc1ccc2c(c1)c1c(n2Cc2ccccc2)CCN(C(C)=O)C1. The molecule has 1 aliphatic rings. The predicted octanol–water partition coefficient (Wildman–Crippen LogP) is 3.52. The number of ether oxygens (including phenoxy) is 1. The number of hydrogen-bond donors (Lipinski definition) is 0. The van der Waals surface area contributed by atoms with Crippen molar-refractivity contribution in [3.8, 4) is 5.75 Å². The van der Waals surface area contributed by atoms with Crippen LogP contribution in [0.25, 0.3) is 10.9 Å². The Balaban J connectivity index is 1.85. The van der Waals surface area contributed by atoms with Crippen LogP contribution in [-0.4, -0.2) is 27.9 Å². The van der Waals surface area contributed by atoms with Crippen molar-refractivity contribution < 1.29 is 14.3 Å². The molecule has 4 rings (SSSR count). The molecule has 2 aromatic carbocycles. The maximum Gasteiger partial charge on any atom is 0.308 e. The minimum atomic E-state index is -0.336. The van der Waals surface area contributed by atoms with E-state index >= 15 is 0 Å². The second-order valence-corrected chi connectivity index (χ2v) is 6.96. The number of benzene rings is 2. The van der Waals surface area contributed by atoms with E-state index in [4.69, 9.17) is 4.74 Å². The Bertz CT molecular complexity index is 1020. The Morgan fingerprint density at radius 1 is 1.07 bits per heavy atom. The molecule has 2 heterocycles. The lowest BCUT2D eigenvalue weighted by Crippen LogP contribution is -2.34. The average molecular weight is 362 g/mol. The highest BCUT2D eigenvalue weighted by molar-refractivity contribution is 5.88. The average Bonchev–Trinajstić information content (AvgIpc) is 2.95. The molecule has 0 saturated heterocycles. The molecule has 1 amide bonds. The lowest BCUT2D eigenvalue weighted by atomic mass is 10.0. The Labute approximate surface area is 158 Å². The molecule has 0 atom stereocenters. The zero-order valence-electron chi connectivity index (χ0n) is 15.6. The maximum atomic E-state index is 11.9. The van der Waals surface area contributed by atoms with Gasteiger partial charge >= 0.3 is 5.97 Å². The fraction of sp³-hybridized carbons (Fsp3) is 0.273. The predicted molar refractivity (Wildman–Crippen MR) is 104 cm³/mol. The van der Waals surface area contributed by atoms with Crippen LogP contribution in [0, 0.1) is 0 Å². The number of hydrogen-bond acceptors (Lipinski definition) is 3. The molecule has 1 aliphatic heterocycles. The maximum absolute atomic E-state index is 11.9. The van der Waals surface area contributed by atoms with E-state index in [1.54, 1.807) is 6.92 Å². The smallest absolute Gasteiger partial charge is 0.308 e. The molecule has 3 aromatic rings. The fourth-order valence-electron chi connectivity index (χ4n) is 3.87. The molecule has 27 heavy (non-hydrogen) atoms. The van der Waals surface area contributed by atoms with Gasteiger partial charge in [0.05, 0.1) is 0 Å². The third kappa shape index (κ3) is 3.33. The standard InChI is InChI=1S/C22H22N2O3/c1-15(25)23-11-10-22-20(14-23)19-12-18(27-16(2)26)8-9-21(19)24(22)13-17-6-4-3-5-7-17/h3-9,12H,10-11,13-14H2,1-2H3. The van der Waals surface area contributed by atoms with Crippen molar-refractivity contribution in [2.75, 3.05) is 6.54 Å². The Morgan fingerprint density at radius 3 is 2.56 bits per heavy atom. The quantitative estimate of drug-likeness (QED) is 0.529. The van der Waals surface area contributed by atoms with E-state index < -0.39 is 0 Å². The number of aromatic nitrogens is 1. The number of carbonyl (C=O) groups excluding carboxylic acids is 2. The first-order chi connectivity index (χ1) is 13.0. The van der Waals surface area contributed by atoms with Crippen molar-refractivity contribution in [3.05, 3.63) is 65.4 Å². The Kier molecular flexibility index (Phi) is 4.44. The second-order valence-electron chi connectivity index (χ2n) is 6.96. The number of rotatable bonds is 3. The molecule has 0 bridgehead atoms. The normalized spacial score (nSPS) is 13.5. The van der Waals surface area contributed by atoms with Gasteiger partial charge in [-0.05, 0) is 23.8 Å². The molecule has 0 radical (unpaired) electrons. The fourth-order valence-corrected chi connectivity index (χ4v) is 3.87. The van der Waals surface area contributed by atoms with Crippen molar-refractivity contribution in [1.82, 2.24) is 9.47 Å². The molecule has 0 N–H and O–H groups in total. The van der Waals surface area contributed by atoms with Crippen LogP contribution in [-0.2, 0) is 29.1 Å². The van der Waals surface area contributed by atoms with Crippen molar-refractivity contribution in [2.45, 2.75) is 33.4 Å². The molecular formula is C22H22N2O3. The molecule has 0 aliphatic carbocycles. The van der Waals surface area contributed by atoms with E-state index in [0.717, 1.165) is 36.0 Å². The zero-order chi connectivity index (χ0) is 19.0. The monoisotopic (exact) mass is 362 g/mol. The summed E-state index contributed by atoms with van der Waals surface area (Å²) in [5, 5.41) is 1.05. The van der Waals surface area contributed by atoms with Crippen molar-refractivity contribution in [3.63, 3.8) is 0 Å². The molecule has 0 fully saturated rings. The Hall–Kier alpha value is -3.08. The molecule has 5 nitrogen and oxygen atoms in total. The molecule has 1 aromatic heterocycles. The number of esters is 1. The van der Waals surface area contributed by atoms with Gasteiger partial charge in [-0.25, -0.2) is 0 Å². The van der Waals surface area contributed by atoms with E-state index in [2.05, 4.69) is 16.7 Å². The lowest BCUT2D eigenvalue weighted by molar-refractivity contribution is -0.132. The highest BCUT2D eigenvalue weighted by Gasteiger charge is 2.25. The molecule has 0 spiro atoms. The van der Waals surface area contributed by atoms with Gasteiger partial charge in [0.2, 0.25) is 5.91 Å². The van der Waals surface area contributed by atoms with E-state index in [1.165, 1.54) is 18.2 Å². The van der Waals surface area contributed by atoms with Crippen LogP contribution in [0.3, 0.4) is 0 Å². The van der Waals surface area contributed by atoms with Gasteiger partial charge in [0.15, 0.2) is 0 Å². The van der Waals surface area contributed by atoms with Gasteiger partial charge in [-0.2, -0.15) is 0 Å².